The van der Waals surface area contributed by atoms with Gasteiger partial charge >= 0.3 is 0 Å². The first-order chi connectivity index (χ1) is 8.48. The second-order valence-electron chi connectivity index (χ2n) is 5.41. The van der Waals surface area contributed by atoms with Crippen LogP contribution in [0.5, 0.6) is 0 Å². The third-order valence-electron chi connectivity index (χ3n) is 3.88. The Balaban J connectivity index is 1.93. The van der Waals surface area contributed by atoms with E-state index in [0.717, 1.165) is 19.4 Å². The first-order valence-electron chi connectivity index (χ1n) is 6.70. The van der Waals surface area contributed by atoms with Gasteiger partial charge in [-0.15, -0.1) is 0 Å². The van der Waals surface area contributed by atoms with Gasteiger partial charge in [0.15, 0.2) is 9.84 Å². The Hall–Kier alpha value is -0.620. The maximum Gasteiger partial charge on any atom is 0.226 e. The van der Waals surface area contributed by atoms with Crippen LogP contribution in [0.4, 0.5) is 0 Å². The van der Waals surface area contributed by atoms with Gasteiger partial charge in [-0.25, -0.2) is 8.42 Å². The lowest BCUT2D eigenvalue weighted by Crippen LogP contribution is -2.46. The van der Waals surface area contributed by atoms with E-state index in [9.17, 15) is 13.2 Å². The molecule has 0 aliphatic carbocycles. The molecule has 0 aromatic heterocycles. The fourth-order valence-electron chi connectivity index (χ4n) is 2.63. The van der Waals surface area contributed by atoms with Crippen molar-refractivity contribution in [2.75, 3.05) is 31.1 Å². The summed E-state index contributed by atoms with van der Waals surface area (Å²) in [4.78, 5) is 14.1. The summed E-state index contributed by atoms with van der Waals surface area (Å²) in [6.45, 7) is 3.81. The van der Waals surface area contributed by atoms with Gasteiger partial charge in [0.05, 0.1) is 17.4 Å². The normalized spacial score (nSPS) is 32.8. The fraction of sp³-hybridized carbons (Fsp3) is 0.917. The summed E-state index contributed by atoms with van der Waals surface area (Å²) in [5, 5.41) is 3.32. The molecule has 1 amide bonds. The first kappa shape index (κ1) is 13.8. The predicted molar refractivity (Wildman–Crippen MR) is 70.0 cm³/mol. The Bertz CT molecular complexity index is 400. The van der Waals surface area contributed by atoms with Gasteiger partial charge in [0.2, 0.25) is 5.91 Å². The third kappa shape index (κ3) is 3.45. The quantitative estimate of drug-likeness (QED) is 0.732. The van der Waals surface area contributed by atoms with Gasteiger partial charge in [0.25, 0.3) is 0 Å². The third-order valence-corrected chi connectivity index (χ3v) is 5.59. The summed E-state index contributed by atoms with van der Waals surface area (Å²) in [5.74, 6) is 0.500. The number of carbonyl (C=O) groups excluding carboxylic acids is 1. The Labute approximate surface area is 109 Å². The summed E-state index contributed by atoms with van der Waals surface area (Å²) in [7, 11) is -2.93. The molecular formula is C12H22N2O3S. The van der Waals surface area contributed by atoms with Gasteiger partial charge in [-0.2, -0.15) is 0 Å². The van der Waals surface area contributed by atoms with Gasteiger partial charge < -0.3 is 10.2 Å². The Morgan fingerprint density at radius 1 is 1.22 bits per heavy atom. The van der Waals surface area contributed by atoms with E-state index in [0.29, 0.717) is 25.6 Å². The summed E-state index contributed by atoms with van der Waals surface area (Å²) in [6.07, 6.45) is 2.50. The van der Waals surface area contributed by atoms with Crippen molar-refractivity contribution in [2.45, 2.75) is 32.2 Å². The zero-order valence-corrected chi connectivity index (χ0v) is 11.7. The van der Waals surface area contributed by atoms with Crippen LogP contribution in [0.2, 0.25) is 0 Å². The number of sulfone groups is 1. The summed E-state index contributed by atoms with van der Waals surface area (Å²) >= 11 is 0. The summed E-state index contributed by atoms with van der Waals surface area (Å²) < 4.78 is 23.0. The van der Waals surface area contributed by atoms with E-state index in [1.165, 1.54) is 0 Å². The number of amides is 1. The number of rotatable bonds is 1. The lowest BCUT2D eigenvalue weighted by Gasteiger charge is -2.31. The van der Waals surface area contributed by atoms with Crippen molar-refractivity contribution in [3.05, 3.63) is 0 Å². The first-order valence-corrected chi connectivity index (χ1v) is 8.53. The highest BCUT2D eigenvalue weighted by Crippen LogP contribution is 2.18. The van der Waals surface area contributed by atoms with E-state index in [1.54, 1.807) is 4.90 Å². The molecular weight excluding hydrogens is 252 g/mol. The lowest BCUT2D eigenvalue weighted by molar-refractivity contribution is -0.135. The molecule has 2 rings (SSSR count). The zero-order valence-electron chi connectivity index (χ0n) is 10.9. The average molecular weight is 274 g/mol. The Morgan fingerprint density at radius 2 is 2.00 bits per heavy atom. The molecule has 2 atom stereocenters. The number of hydrogen-bond acceptors (Lipinski definition) is 4. The molecule has 5 nitrogen and oxygen atoms in total. The molecule has 6 heteroatoms. The lowest BCUT2D eigenvalue weighted by atomic mass is 9.94. The fourth-order valence-corrected chi connectivity index (χ4v) is 3.90. The Morgan fingerprint density at radius 3 is 2.67 bits per heavy atom. The largest absolute Gasteiger partial charge is 0.341 e. The standard InChI is InChI=1S/C12H22N2O3S/c1-10-3-4-11(9-13-10)12(15)14-5-2-7-18(16,17)8-6-14/h10-11,13H,2-9H2,1H3. The van der Waals surface area contributed by atoms with E-state index in [2.05, 4.69) is 12.2 Å². The average Bonchev–Trinajstić information content (AvgIpc) is 2.50. The van der Waals surface area contributed by atoms with Crippen molar-refractivity contribution >= 4 is 15.7 Å². The molecule has 104 valence electrons. The van der Waals surface area contributed by atoms with Crippen LogP contribution in [0.15, 0.2) is 0 Å². The van der Waals surface area contributed by atoms with Gasteiger partial charge in [-0.3, -0.25) is 4.79 Å². The molecule has 0 spiro atoms. The van der Waals surface area contributed by atoms with Crippen LogP contribution in [0.3, 0.4) is 0 Å². The minimum atomic E-state index is -2.93. The van der Waals surface area contributed by atoms with Crippen LogP contribution in [0, 0.1) is 5.92 Å². The molecule has 0 aromatic carbocycles. The monoisotopic (exact) mass is 274 g/mol. The number of nitrogens with one attached hydrogen (secondary N) is 1. The molecule has 1 N–H and O–H groups in total. The van der Waals surface area contributed by atoms with Crippen molar-refractivity contribution < 1.29 is 13.2 Å². The molecule has 2 unspecified atom stereocenters. The molecule has 0 radical (unpaired) electrons. The molecule has 2 fully saturated rings. The number of nitrogens with zero attached hydrogens (tertiary/aromatic N) is 1. The van der Waals surface area contributed by atoms with Crippen molar-refractivity contribution in [3.8, 4) is 0 Å². The van der Waals surface area contributed by atoms with Crippen LogP contribution in [0.25, 0.3) is 0 Å². The highest BCUT2D eigenvalue weighted by atomic mass is 32.2. The van der Waals surface area contributed by atoms with Gasteiger partial charge in [0.1, 0.15) is 0 Å². The molecule has 18 heavy (non-hydrogen) atoms. The number of piperidine rings is 1. The smallest absolute Gasteiger partial charge is 0.226 e. The minimum absolute atomic E-state index is 0.0296. The van der Waals surface area contributed by atoms with Crippen molar-refractivity contribution in [1.82, 2.24) is 10.2 Å². The maximum absolute atomic E-state index is 12.3. The van der Waals surface area contributed by atoms with Crippen molar-refractivity contribution in [3.63, 3.8) is 0 Å². The van der Waals surface area contributed by atoms with Gasteiger partial charge in [-0.05, 0) is 26.2 Å². The second-order valence-corrected chi connectivity index (χ2v) is 7.72. The molecule has 2 heterocycles. The second kappa shape index (κ2) is 5.57. The SMILES string of the molecule is CC1CCC(C(=O)N2CCCS(=O)(=O)CC2)CN1. The molecule has 2 aliphatic heterocycles. The van der Waals surface area contributed by atoms with E-state index in [1.807, 2.05) is 0 Å². The number of hydrogen-bond donors (Lipinski definition) is 1. The molecule has 2 saturated heterocycles. The van der Waals surface area contributed by atoms with Crippen LogP contribution in [-0.4, -0.2) is 56.4 Å². The molecule has 0 bridgehead atoms. The summed E-state index contributed by atoms with van der Waals surface area (Å²) in [5.41, 5.74) is 0. The van der Waals surface area contributed by atoms with Crippen LogP contribution in [-0.2, 0) is 14.6 Å². The van der Waals surface area contributed by atoms with Gasteiger partial charge in [0, 0.05) is 25.7 Å². The summed E-state index contributed by atoms with van der Waals surface area (Å²) in [6, 6.07) is 0.485. The zero-order chi connectivity index (χ0) is 13.2. The molecule has 2 aliphatic rings. The van der Waals surface area contributed by atoms with E-state index in [-0.39, 0.29) is 23.3 Å². The van der Waals surface area contributed by atoms with Crippen molar-refractivity contribution in [1.29, 1.82) is 0 Å². The highest BCUT2D eigenvalue weighted by molar-refractivity contribution is 7.91. The van der Waals surface area contributed by atoms with Gasteiger partial charge in [-0.1, -0.05) is 0 Å². The highest BCUT2D eigenvalue weighted by Gasteiger charge is 2.29. The number of carbonyl (C=O) groups is 1. The maximum atomic E-state index is 12.3. The molecule has 0 saturated carbocycles. The van der Waals surface area contributed by atoms with Crippen LogP contribution in [0.1, 0.15) is 26.2 Å². The minimum Gasteiger partial charge on any atom is -0.341 e. The topological polar surface area (TPSA) is 66.5 Å². The van der Waals surface area contributed by atoms with Crippen molar-refractivity contribution in [2.24, 2.45) is 5.92 Å². The Kier molecular flexibility index (Phi) is 4.27. The van der Waals surface area contributed by atoms with E-state index in [4.69, 9.17) is 0 Å². The van der Waals surface area contributed by atoms with E-state index < -0.39 is 9.84 Å². The molecule has 0 aromatic rings. The van der Waals surface area contributed by atoms with Crippen LogP contribution >= 0.6 is 0 Å². The predicted octanol–water partition coefficient (Wildman–Crippen LogP) is 0.0216. The van der Waals surface area contributed by atoms with Crippen LogP contribution < -0.4 is 5.32 Å². The van der Waals surface area contributed by atoms with E-state index >= 15 is 0 Å².